The first-order valence-corrected chi connectivity index (χ1v) is 10.9. The average molecular weight is 440 g/mol. The van der Waals surface area contributed by atoms with Gasteiger partial charge in [-0.15, -0.1) is 11.3 Å². The standard InChI is InChI=1S/C19H22ClN3O3S2/c1-4-23(5-2)19-22-18-15(28-19)11-14(27-18)17(24)21-13-8-6-7-12(20)16(13)26-10-9-25-3/h6-8,11H,4-5,9-10H2,1-3H3,(H,21,24). The highest BCUT2D eigenvalue weighted by Gasteiger charge is 2.18. The van der Waals surface area contributed by atoms with E-state index < -0.39 is 0 Å². The van der Waals surface area contributed by atoms with Gasteiger partial charge in [0.15, 0.2) is 10.9 Å². The van der Waals surface area contributed by atoms with Crippen LogP contribution in [0.5, 0.6) is 5.75 Å². The molecule has 6 nitrogen and oxygen atoms in total. The number of aromatic nitrogens is 1. The summed E-state index contributed by atoms with van der Waals surface area (Å²) in [6.45, 7) is 6.80. The van der Waals surface area contributed by atoms with Crippen molar-refractivity contribution in [2.45, 2.75) is 13.8 Å². The first-order valence-electron chi connectivity index (χ1n) is 8.94. The van der Waals surface area contributed by atoms with Crippen molar-refractivity contribution >= 4 is 60.5 Å². The zero-order chi connectivity index (χ0) is 20.1. The molecule has 1 aromatic carbocycles. The Balaban J connectivity index is 1.78. The fourth-order valence-electron chi connectivity index (χ4n) is 2.63. The van der Waals surface area contributed by atoms with Gasteiger partial charge in [-0.1, -0.05) is 29.0 Å². The van der Waals surface area contributed by atoms with Gasteiger partial charge in [0.25, 0.3) is 5.91 Å². The minimum Gasteiger partial charge on any atom is -0.487 e. The van der Waals surface area contributed by atoms with Gasteiger partial charge < -0.3 is 19.7 Å². The molecule has 3 aromatic rings. The quantitative estimate of drug-likeness (QED) is 0.468. The van der Waals surface area contributed by atoms with Gasteiger partial charge in [-0.05, 0) is 32.0 Å². The fraction of sp³-hybridized carbons (Fsp3) is 0.368. The van der Waals surface area contributed by atoms with Crippen molar-refractivity contribution in [1.82, 2.24) is 4.98 Å². The Morgan fingerprint density at radius 1 is 1.25 bits per heavy atom. The zero-order valence-corrected chi connectivity index (χ0v) is 18.3. The molecule has 0 bridgehead atoms. The Bertz CT molecular complexity index is 922. The molecule has 1 amide bonds. The molecule has 2 aromatic heterocycles. The van der Waals surface area contributed by atoms with E-state index >= 15 is 0 Å². The van der Waals surface area contributed by atoms with Gasteiger partial charge in [0.2, 0.25) is 0 Å². The Labute approximate surface area is 177 Å². The Hall–Kier alpha value is -1.87. The molecule has 0 unspecified atom stereocenters. The van der Waals surface area contributed by atoms with Gasteiger partial charge in [0, 0.05) is 20.2 Å². The predicted molar refractivity (Wildman–Crippen MR) is 118 cm³/mol. The van der Waals surface area contributed by atoms with Crippen LogP contribution in [0.4, 0.5) is 10.8 Å². The summed E-state index contributed by atoms with van der Waals surface area (Å²) < 4.78 is 11.7. The summed E-state index contributed by atoms with van der Waals surface area (Å²) in [5, 5.41) is 4.32. The van der Waals surface area contributed by atoms with E-state index in [2.05, 4.69) is 29.0 Å². The van der Waals surface area contributed by atoms with Crippen LogP contribution < -0.4 is 15.0 Å². The molecule has 3 rings (SSSR count). The molecule has 0 radical (unpaired) electrons. The number of para-hydroxylation sites is 1. The SMILES string of the molecule is CCN(CC)c1nc2sc(C(=O)Nc3cccc(Cl)c3OCCOC)cc2s1. The number of nitrogens with zero attached hydrogens (tertiary/aromatic N) is 2. The second-order valence-corrected chi connectivity index (χ2v) is 8.31. The third kappa shape index (κ3) is 4.57. The lowest BCUT2D eigenvalue weighted by Crippen LogP contribution is -2.21. The summed E-state index contributed by atoms with van der Waals surface area (Å²) in [5.41, 5.74) is 0.530. The first-order chi connectivity index (χ1) is 13.6. The Morgan fingerprint density at radius 2 is 2.04 bits per heavy atom. The number of rotatable bonds is 9. The van der Waals surface area contributed by atoms with E-state index in [1.165, 1.54) is 11.3 Å². The van der Waals surface area contributed by atoms with Gasteiger partial charge in [0.1, 0.15) is 11.4 Å². The number of ether oxygens (including phenoxy) is 2. The van der Waals surface area contributed by atoms with Crippen LogP contribution in [0.3, 0.4) is 0 Å². The number of amides is 1. The number of carbonyl (C=O) groups excluding carboxylic acids is 1. The van der Waals surface area contributed by atoms with Gasteiger partial charge in [-0.2, -0.15) is 0 Å². The molecule has 2 heterocycles. The number of hydrogen-bond donors (Lipinski definition) is 1. The minimum absolute atomic E-state index is 0.210. The molecule has 1 N–H and O–H groups in total. The summed E-state index contributed by atoms with van der Waals surface area (Å²) in [5.74, 6) is 0.230. The maximum absolute atomic E-state index is 12.7. The number of thiophene rings is 1. The van der Waals surface area contributed by atoms with Crippen LogP contribution in [-0.2, 0) is 4.74 Å². The third-order valence-corrected chi connectivity index (χ3v) is 6.60. The molecular formula is C19H22ClN3O3S2. The molecule has 0 saturated heterocycles. The van der Waals surface area contributed by atoms with E-state index in [0.717, 1.165) is 27.8 Å². The van der Waals surface area contributed by atoms with Crippen LogP contribution in [0, 0.1) is 0 Å². The number of hydrogen-bond acceptors (Lipinski definition) is 7. The summed E-state index contributed by atoms with van der Waals surface area (Å²) in [6, 6.07) is 7.14. The molecule has 0 saturated carbocycles. The van der Waals surface area contributed by atoms with Crippen LogP contribution in [0.25, 0.3) is 9.53 Å². The molecule has 0 spiro atoms. The van der Waals surface area contributed by atoms with E-state index in [9.17, 15) is 4.79 Å². The highest BCUT2D eigenvalue weighted by molar-refractivity contribution is 7.29. The number of methoxy groups -OCH3 is 1. The number of benzene rings is 1. The maximum atomic E-state index is 12.7. The van der Waals surface area contributed by atoms with Crippen molar-refractivity contribution in [1.29, 1.82) is 0 Å². The number of anilines is 2. The summed E-state index contributed by atoms with van der Waals surface area (Å²) in [4.78, 5) is 21.1. The number of thiazole rings is 1. The number of nitrogens with one attached hydrogen (secondary N) is 1. The van der Waals surface area contributed by atoms with E-state index in [0.29, 0.717) is 34.6 Å². The van der Waals surface area contributed by atoms with Crippen molar-refractivity contribution < 1.29 is 14.3 Å². The number of fused-ring (bicyclic) bond motifs is 1. The highest BCUT2D eigenvalue weighted by atomic mass is 35.5. The Kier molecular flexibility index (Phi) is 7.12. The normalized spacial score (nSPS) is 11.0. The topological polar surface area (TPSA) is 63.7 Å². The van der Waals surface area contributed by atoms with Gasteiger partial charge in [-0.3, -0.25) is 4.79 Å². The van der Waals surface area contributed by atoms with E-state index in [1.807, 2.05) is 6.07 Å². The van der Waals surface area contributed by atoms with E-state index in [-0.39, 0.29) is 5.91 Å². The third-order valence-electron chi connectivity index (χ3n) is 4.08. The second-order valence-electron chi connectivity index (χ2n) is 5.86. The summed E-state index contributed by atoms with van der Waals surface area (Å²) in [7, 11) is 1.60. The molecule has 0 aliphatic rings. The van der Waals surface area contributed by atoms with E-state index in [1.54, 1.807) is 36.6 Å². The van der Waals surface area contributed by atoms with Crippen molar-refractivity contribution in [2.24, 2.45) is 0 Å². The van der Waals surface area contributed by atoms with Crippen molar-refractivity contribution in [3.63, 3.8) is 0 Å². The summed E-state index contributed by atoms with van der Waals surface area (Å²) >= 11 is 9.22. The number of carbonyl (C=O) groups is 1. The van der Waals surface area contributed by atoms with E-state index in [4.69, 9.17) is 21.1 Å². The monoisotopic (exact) mass is 439 g/mol. The van der Waals surface area contributed by atoms with Gasteiger partial charge in [0.05, 0.1) is 26.9 Å². The predicted octanol–water partition coefficient (Wildman–Crippen LogP) is 5.13. The van der Waals surface area contributed by atoms with Crippen LogP contribution in [0.2, 0.25) is 5.02 Å². The summed E-state index contributed by atoms with van der Waals surface area (Å²) in [6.07, 6.45) is 0. The van der Waals surface area contributed by atoms with Crippen molar-refractivity contribution in [3.8, 4) is 5.75 Å². The lowest BCUT2D eigenvalue weighted by Gasteiger charge is -2.16. The van der Waals surface area contributed by atoms with Crippen molar-refractivity contribution in [3.05, 3.63) is 34.2 Å². The molecule has 9 heteroatoms. The van der Waals surface area contributed by atoms with Crippen LogP contribution in [0.15, 0.2) is 24.3 Å². The molecule has 0 aliphatic carbocycles. The van der Waals surface area contributed by atoms with Gasteiger partial charge in [-0.25, -0.2) is 4.98 Å². The molecule has 0 atom stereocenters. The number of halogens is 1. The maximum Gasteiger partial charge on any atom is 0.265 e. The minimum atomic E-state index is -0.210. The lowest BCUT2D eigenvalue weighted by molar-refractivity contribution is 0.102. The van der Waals surface area contributed by atoms with Crippen molar-refractivity contribution in [2.75, 3.05) is 43.6 Å². The molecular weight excluding hydrogens is 418 g/mol. The second kappa shape index (κ2) is 9.56. The zero-order valence-electron chi connectivity index (χ0n) is 16.0. The molecule has 0 aliphatic heterocycles. The van der Waals surface area contributed by atoms with Crippen LogP contribution >= 0.6 is 34.3 Å². The smallest absolute Gasteiger partial charge is 0.265 e. The lowest BCUT2D eigenvalue weighted by atomic mass is 10.3. The largest absolute Gasteiger partial charge is 0.487 e. The molecule has 28 heavy (non-hydrogen) atoms. The van der Waals surface area contributed by atoms with Crippen LogP contribution in [0.1, 0.15) is 23.5 Å². The first kappa shape index (κ1) is 20.9. The van der Waals surface area contributed by atoms with Gasteiger partial charge >= 0.3 is 0 Å². The highest BCUT2D eigenvalue weighted by Crippen LogP contribution is 2.36. The average Bonchev–Trinajstić information content (AvgIpc) is 3.24. The molecule has 150 valence electrons. The fourth-order valence-corrected chi connectivity index (χ4v) is 5.09. The molecule has 0 fully saturated rings. The van der Waals surface area contributed by atoms with Crippen LogP contribution in [-0.4, -0.2) is 44.3 Å². The Morgan fingerprint density at radius 3 is 2.71 bits per heavy atom.